The molecule has 3 aromatic rings. The third kappa shape index (κ3) is 6.09. The summed E-state index contributed by atoms with van der Waals surface area (Å²) in [6.07, 6.45) is 0. The van der Waals surface area contributed by atoms with E-state index in [2.05, 4.69) is 10.6 Å². The fourth-order valence-electron chi connectivity index (χ4n) is 2.91. The lowest BCUT2D eigenvalue weighted by Gasteiger charge is -2.16. The van der Waals surface area contributed by atoms with Gasteiger partial charge in [0.05, 0.1) is 11.6 Å². The van der Waals surface area contributed by atoms with Crippen LogP contribution in [-0.4, -0.2) is 18.4 Å². The van der Waals surface area contributed by atoms with E-state index in [1.165, 1.54) is 0 Å². The zero-order chi connectivity index (χ0) is 21.3. The molecule has 2 N–H and O–H groups in total. The van der Waals surface area contributed by atoms with Gasteiger partial charge in [0.2, 0.25) is 0 Å². The van der Waals surface area contributed by atoms with Crippen molar-refractivity contribution in [3.05, 3.63) is 101 Å². The third-order valence-electron chi connectivity index (χ3n) is 4.53. The van der Waals surface area contributed by atoms with Gasteiger partial charge in [-0.25, -0.2) is 0 Å². The van der Waals surface area contributed by atoms with Crippen molar-refractivity contribution >= 4 is 23.4 Å². The van der Waals surface area contributed by atoms with Gasteiger partial charge >= 0.3 is 0 Å². The average molecular weight is 423 g/mol. The summed E-state index contributed by atoms with van der Waals surface area (Å²) in [5, 5.41) is 6.39. The minimum Gasteiger partial charge on any atom is -0.483 e. The molecule has 0 fully saturated rings. The molecule has 3 rings (SSSR count). The summed E-state index contributed by atoms with van der Waals surface area (Å²) in [6.45, 7) is 2.10. The second kappa shape index (κ2) is 10.5. The monoisotopic (exact) mass is 422 g/mol. The van der Waals surface area contributed by atoms with E-state index in [0.717, 1.165) is 11.1 Å². The van der Waals surface area contributed by atoms with E-state index in [-0.39, 0.29) is 24.5 Å². The first-order valence-corrected chi connectivity index (χ1v) is 9.99. The number of benzene rings is 3. The highest BCUT2D eigenvalue weighted by molar-refractivity contribution is 6.30. The van der Waals surface area contributed by atoms with Gasteiger partial charge in [-0.05, 0) is 42.3 Å². The Bertz CT molecular complexity index is 991. The number of para-hydroxylation sites is 1. The highest BCUT2D eigenvalue weighted by atomic mass is 35.5. The normalized spacial score (nSPS) is 11.4. The average Bonchev–Trinajstić information content (AvgIpc) is 2.77. The molecule has 6 heteroatoms. The van der Waals surface area contributed by atoms with Gasteiger partial charge < -0.3 is 15.4 Å². The van der Waals surface area contributed by atoms with E-state index < -0.39 is 0 Å². The van der Waals surface area contributed by atoms with Crippen LogP contribution in [0.3, 0.4) is 0 Å². The van der Waals surface area contributed by atoms with Crippen molar-refractivity contribution in [2.45, 2.75) is 19.5 Å². The number of hydrogen-bond acceptors (Lipinski definition) is 3. The Morgan fingerprint density at radius 1 is 0.933 bits per heavy atom. The number of hydrogen-bond donors (Lipinski definition) is 2. The van der Waals surface area contributed by atoms with Gasteiger partial charge in [0.25, 0.3) is 11.8 Å². The Kier molecular flexibility index (Phi) is 7.46. The number of carbonyl (C=O) groups excluding carboxylic acids is 2. The number of halogens is 1. The maximum Gasteiger partial charge on any atom is 0.258 e. The quantitative estimate of drug-likeness (QED) is 0.560. The number of rotatable bonds is 8. The largest absolute Gasteiger partial charge is 0.483 e. The first-order valence-electron chi connectivity index (χ1n) is 9.61. The van der Waals surface area contributed by atoms with Gasteiger partial charge in [0.15, 0.2) is 6.61 Å². The molecule has 3 aromatic carbocycles. The van der Waals surface area contributed by atoms with Gasteiger partial charge in [-0.1, -0.05) is 66.2 Å². The molecule has 0 spiro atoms. The van der Waals surface area contributed by atoms with Gasteiger partial charge in [0, 0.05) is 11.6 Å². The zero-order valence-corrected chi connectivity index (χ0v) is 17.4. The fourth-order valence-corrected chi connectivity index (χ4v) is 3.04. The van der Waals surface area contributed by atoms with Crippen molar-refractivity contribution in [3.63, 3.8) is 0 Å². The molecule has 0 saturated heterocycles. The minimum atomic E-state index is -0.281. The SMILES string of the molecule is CC(NC(=O)COc1ccccc1C(=O)NCc1ccccc1)c1ccc(Cl)cc1. The van der Waals surface area contributed by atoms with E-state index >= 15 is 0 Å². The number of amides is 2. The molecule has 0 aromatic heterocycles. The molecule has 0 aliphatic heterocycles. The molecule has 2 amide bonds. The lowest BCUT2D eigenvalue weighted by molar-refractivity contribution is -0.123. The second-order valence-electron chi connectivity index (χ2n) is 6.79. The van der Waals surface area contributed by atoms with E-state index in [9.17, 15) is 9.59 Å². The molecule has 0 aliphatic rings. The molecule has 5 nitrogen and oxygen atoms in total. The van der Waals surface area contributed by atoms with Gasteiger partial charge in [0.1, 0.15) is 5.75 Å². The van der Waals surface area contributed by atoms with Crippen LogP contribution in [0.5, 0.6) is 5.75 Å². The van der Waals surface area contributed by atoms with Crippen LogP contribution in [0.4, 0.5) is 0 Å². The molecular formula is C24H23ClN2O3. The smallest absolute Gasteiger partial charge is 0.258 e. The van der Waals surface area contributed by atoms with Crippen molar-refractivity contribution < 1.29 is 14.3 Å². The molecule has 30 heavy (non-hydrogen) atoms. The summed E-state index contributed by atoms with van der Waals surface area (Å²) < 4.78 is 5.63. The Hall–Kier alpha value is -3.31. The standard InChI is InChI=1S/C24H23ClN2O3/c1-17(19-11-13-20(25)14-12-19)27-23(28)16-30-22-10-6-5-9-21(22)24(29)26-15-18-7-3-2-4-8-18/h2-14,17H,15-16H2,1H3,(H,26,29)(H,27,28). The lowest BCUT2D eigenvalue weighted by Crippen LogP contribution is -2.31. The minimum absolute atomic E-state index is 0.192. The van der Waals surface area contributed by atoms with Crippen molar-refractivity contribution in [2.24, 2.45) is 0 Å². The predicted octanol–water partition coefficient (Wildman–Crippen LogP) is 4.53. The summed E-state index contributed by atoms with van der Waals surface area (Å²) in [4.78, 5) is 24.9. The van der Waals surface area contributed by atoms with Crippen LogP contribution in [0, 0.1) is 0 Å². The summed E-state index contributed by atoms with van der Waals surface area (Å²) in [5.74, 6) is -0.182. The third-order valence-corrected chi connectivity index (χ3v) is 4.79. The van der Waals surface area contributed by atoms with Crippen molar-refractivity contribution in [1.82, 2.24) is 10.6 Å². The van der Waals surface area contributed by atoms with Crippen molar-refractivity contribution in [1.29, 1.82) is 0 Å². The Balaban J connectivity index is 1.55. The molecule has 0 radical (unpaired) electrons. The van der Waals surface area contributed by atoms with E-state index in [0.29, 0.717) is 22.9 Å². The summed E-state index contributed by atoms with van der Waals surface area (Å²) in [5.41, 5.74) is 2.32. The molecule has 154 valence electrons. The maximum atomic E-state index is 12.6. The molecule has 0 heterocycles. The van der Waals surface area contributed by atoms with Gasteiger partial charge in [-0.2, -0.15) is 0 Å². The molecular weight excluding hydrogens is 400 g/mol. The molecule has 1 unspecified atom stereocenters. The van der Waals surface area contributed by atoms with Crippen LogP contribution >= 0.6 is 11.6 Å². The van der Waals surface area contributed by atoms with Crippen molar-refractivity contribution in [2.75, 3.05) is 6.61 Å². The summed E-state index contributed by atoms with van der Waals surface area (Å²) in [7, 11) is 0. The predicted molar refractivity (Wildman–Crippen MR) is 118 cm³/mol. The van der Waals surface area contributed by atoms with Crippen molar-refractivity contribution in [3.8, 4) is 5.75 Å². The van der Waals surface area contributed by atoms with E-state index in [4.69, 9.17) is 16.3 Å². The first-order chi connectivity index (χ1) is 14.5. The Labute approximate surface area is 181 Å². The van der Waals surface area contributed by atoms with Crippen LogP contribution in [0.2, 0.25) is 5.02 Å². The fraction of sp³-hybridized carbons (Fsp3) is 0.167. The molecule has 0 aliphatic carbocycles. The first kappa shape index (κ1) is 21.4. The Morgan fingerprint density at radius 2 is 1.60 bits per heavy atom. The zero-order valence-electron chi connectivity index (χ0n) is 16.6. The number of ether oxygens (including phenoxy) is 1. The highest BCUT2D eigenvalue weighted by Crippen LogP contribution is 2.19. The topological polar surface area (TPSA) is 67.4 Å². The number of nitrogens with one attached hydrogen (secondary N) is 2. The van der Waals surface area contributed by atoms with Crippen LogP contribution in [0.15, 0.2) is 78.9 Å². The van der Waals surface area contributed by atoms with E-state index in [1.807, 2.05) is 49.4 Å². The summed E-state index contributed by atoms with van der Waals surface area (Å²) in [6, 6.07) is 23.6. The molecule has 0 bridgehead atoms. The van der Waals surface area contributed by atoms with Crippen LogP contribution in [0.25, 0.3) is 0 Å². The molecule has 0 saturated carbocycles. The highest BCUT2D eigenvalue weighted by Gasteiger charge is 2.14. The second-order valence-corrected chi connectivity index (χ2v) is 7.23. The maximum absolute atomic E-state index is 12.6. The molecule has 1 atom stereocenters. The summed E-state index contributed by atoms with van der Waals surface area (Å²) >= 11 is 5.90. The van der Waals surface area contributed by atoms with Gasteiger partial charge in [-0.3, -0.25) is 9.59 Å². The van der Waals surface area contributed by atoms with Crippen LogP contribution in [0.1, 0.15) is 34.5 Å². The lowest BCUT2D eigenvalue weighted by atomic mass is 10.1. The van der Waals surface area contributed by atoms with Gasteiger partial charge in [-0.15, -0.1) is 0 Å². The van der Waals surface area contributed by atoms with E-state index in [1.54, 1.807) is 36.4 Å². The van der Waals surface area contributed by atoms with Crippen LogP contribution < -0.4 is 15.4 Å². The van der Waals surface area contributed by atoms with Crippen LogP contribution in [-0.2, 0) is 11.3 Å². The number of carbonyl (C=O) groups is 2. The Morgan fingerprint density at radius 3 is 2.33 bits per heavy atom.